The van der Waals surface area contributed by atoms with E-state index in [4.69, 9.17) is 91.7 Å². The molecule has 0 aromatic carbocycles. The number of cyclic esters (lactones) is 4. The van der Waals surface area contributed by atoms with Crippen LogP contribution in [0.25, 0.3) is 0 Å². The van der Waals surface area contributed by atoms with Crippen LogP contribution in [0.15, 0.2) is 51.7 Å². The highest BCUT2D eigenvalue weighted by Gasteiger charge is 2.52. The number of nitrogens with one attached hydrogen (secondary N) is 10. The summed E-state index contributed by atoms with van der Waals surface area (Å²) in [6.07, 6.45) is -5.15. The summed E-state index contributed by atoms with van der Waals surface area (Å²) >= 11 is 0. The zero-order valence-corrected chi connectivity index (χ0v) is 70.9. The minimum atomic E-state index is -1.58. The number of hydrogen-bond donors (Lipinski definition) is 10. The lowest BCUT2D eigenvalue weighted by Crippen LogP contribution is -2.65. The predicted octanol–water partition coefficient (Wildman–Crippen LogP) is -0.595. The topological polar surface area (TPSA) is 570 Å². The maximum atomic E-state index is 14.2. The van der Waals surface area contributed by atoms with Gasteiger partial charge in [0.2, 0.25) is 53.0 Å². The molecule has 9 amide bonds. The van der Waals surface area contributed by atoms with Gasteiger partial charge in [0.25, 0.3) is 0 Å². The second-order valence-electron chi connectivity index (χ2n) is 31.0. The van der Waals surface area contributed by atoms with Gasteiger partial charge in [-0.05, 0) is 95.2 Å². The quantitative estimate of drug-likeness (QED) is 0.00983. The van der Waals surface area contributed by atoms with Gasteiger partial charge in [0.1, 0.15) is 73.3 Å². The molecule has 122 heavy (non-hydrogen) atoms. The number of amides is 9. The normalized spacial score (nSPS) is 20.2. The van der Waals surface area contributed by atoms with Crippen molar-refractivity contribution >= 4 is 90.1 Å². The summed E-state index contributed by atoms with van der Waals surface area (Å²) in [4.78, 5) is 181. The van der Waals surface area contributed by atoms with E-state index in [1.807, 2.05) is 0 Å². The minimum absolute atomic E-state index is 0.00467. The molecule has 0 bridgehead atoms. The summed E-state index contributed by atoms with van der Waals surface area (Å²) in [6.45, 7) is 20.2. The Morgan fingerprint density at radius 2 is 1.02 bits per heavy atom. The van der Waals surface area contributed by atoms with Crippen molar-refractivity contribution in [3.8, 4) is 12.3 Å². The molecule has 1 aromatic rings. The second kappa shape index (κ2) is 47.3. The molecule has 48 heteroatoms. The number of rotatable bonds is 39. The second-order valence-corrected chi connectivity index (χ2v) is 31.0. The van der Waals surface area contributed by atoms with Crippen LogP contribution in [0.2, 0.25) is 0 Å². The highest BCUT2D eigenvalue weighted by molar-refractivity contribution is 6.00. The standard InChI is InChI=1S/C74H111N17O31/c1-18-24-107-26-28-109-30-31-110-29-27-108-25-19-54(96)89(34-44-36-90(87-85-44)22-20-75-52(94)40-111-57(50-38-113-69(103)117-50)59-55(77-42(2)92)46(32-48(115-59)61(97)105-16)79-63(81-65(99)119-71(4,5)6)82-66(100)120-72(7,8)9)35-45-37-91(88-86-45)23-21-76-53(95)41-112-58(51-39-114-70(104)118-51)60-56(78-43(3)93)47(33-49(116-60)62(98)106-17)80-64(83-67(101)121-73(10,11)12)84-68(102)122-74(13,14)15/h1,32-33,36-37,46-47,50-51,55-60,85,87H,19-31,34-35,38-41H2,2-17H3,(H,75,94)(H,76,95)(H,77,92)(H,78,93)(H2,79,81,82,99,100)(H2,80,83,84,101,102)/t46-,47-,50+,51+,55+,56+,57+,58+,59+,60+/m0/s1. The van der Waals surface area contributed by atoms with Crippen molar-refractivity contribution in [3.63, 3.8) is 0 Å². The van der Waals surface area contributed by atoms with Crippen LogP contribution in [0.4, 0.5) is 28.8 Å². The molecular weight excluding hydrogens is 1620 g/mol. The summed E-state index contributed by atoms with van der Waals surface area (Å²) in [7, 11) is 2.10. The first-order chi connectivity index (χ1) is 57.4. The number of methoxy groups -OCH3 is 2. The number of aliphatic imine (C=N–C) groups is 2. The van der Waals surface area contributed by atoms with Crippen LogP contribution in [0.1, 0.15) is 109 Å². The van der Waals surface area contributed by atoms with E-state index in [9.17, 15) is 62.3 Å². The van der Waals surface area contributed by atoms with Gasteiger partial charge in [0, 0.05) is 33.1 Å². The van der Waals surface area contributed by atoms with Gasteiger partial charge in [-0.25, -0.2) is 38.4 Å². The number of alkyl carbamates (subject to hydrolysis) is 2. The van der Waals surface area contributed by atoms with E-state index >= 15 is 0 Å². The lowest BCUT2D eigenvalue weighted by molar-refractivity contribution is -0.155. The Bertz CT molecular complexity index is 4000. The molecule has 0 spiro atoms. The average molecular weight is 1730 g/mol. The van der Waals surface area contributed by atoms with Crippen molar-refractivity contribution in [3.05, 3.63) is 47.5 Å². The van der Waals surface area contributed by atoms with E-state index in [0.29, 0.717) is 31.2 Å². The number of aromatic nitrogens is 3. The maximum Gasteiger partial charge on any atom is 0.508 e. The Hall–Kier alpha value is -11.9. The third-order valence-corrected chi connectivity index (χ3v) is 16.1. The molecular formula is C74H111N17O31. The molecule has 1 aromatic heterocycles. The molecule has 6 heterocycles. The Kier molecular flexibility index (Phi) is 38.4. The highest BCUT2D eigenvalue weighted by Crippen LogP contribution is 2.31. The van der Waals surface area contributed by atoms with Crippen LogP contribution in [0.5, 0.6) is 0 Å². The number of nitrogens with zero attached hydrogens (tertiary/aromatic N) is 7. The molecule has 678 valence electrons. The smallest absolute Gasteiger partial charge is 0.478 e. The largest absolute Gasteiger partial charge is 0.508 e. The van der Waals surface area contributed by atoms with Crippen LogP contribution in [0, 0.1) is 12.3 Å². The summed E-state index contributed by atoms with van der Waals surface area (Å²) in [5.41, 5.74) is 2.54. The van der Waals surface area contributed by atoms with Crippen LogP contribution < -0.4 is 53.5 Å². The third-order valence-electron chi connectivity index (χ3n) is 16.1. The average Bonchev–Trinajstić information content (AvgIpc) is 1.02. The van der Waals surface area contributed by atoms with Gasteiger partial charge in [-0.3, -0.25) is 44.3 Å². The van der Waals surface area contributed by atoms with Crippen LogP contribution in [-0.4, -0.2) is 318 Å². The van der Waals surface area contributed by atoms with Crippen molar-refractivity contribution in [2.24, 2.45) is 9.98 Å². The zero-order valence-electron chi connectivity index (χ0n) is 70.9. The molecule has 5 aliphatic rings. The van der Waals surface area contributed by atoms with Crippen molar-refractivity contribution in [2.45, 2.75) is 200 Å². The maximum absolute atomic E-state index is 14.2. The summed E-state index contributed by atoms with van der Waals surface area (Å²) < 4.78 is 100. The first-order valence-corrected chi connectivity index (χ1v) is 38.4. The van der Waals surface area contributed by atoms with E-state index in [1.165, 1.54) is 15.8 Å². The van der Waals surface area contributed by atoms with Crippen molar-refractivity contribution in [1.29, 1.82) is 0 Å². The first-order valence-electron chi connectivity index (χ1n) is 38.4. The SMILES string of the molecule is C#CCOCCOCCOCCOCCC(=O)N(CC1=CN(CCNC(=O)CO[C@@H]([C@@H]2OC(C(=O)OC)=C[C@H](N/C(=N/C(=O)OC(C)(C)C)NC(=O)OC(C)(C)C)[C@H]2NC(C)=O)[C@H]2COC(=O)O2)NN1)Cc1cn(CCNC(=O)CO[C@@H]([C@@H]2OC(C(=O)OC)=C[C@H](N/C(=N/C(=O)OC(C)(C)C)NC(=O)OC(C)(C)C)[C@H]2NC(C)=O)[C@H]2COC(=O)O2)nn1. The fourth-order valence-electron chi connectivity index (χ4n) is 11.3. The number of carbonyl (C=O) groups excluding carboxylic acids is 13. The van der Waals surface area contributed by atoms with Gasteiger partial charge in [-0.2, -0.15) is 0 Å². The third kappa shape index (κ3) is 36.2. The van der Waals surface area contributed by atoms with Gasteiger partial charge in [0.15, 0.2) is 24.4 Å². The molecule has 0 radical (unpaired) electrons. The lowest BCUT2D eigenvalue weighted by Gasteiger charge is -2.41. The lowest BCUT2D eigenvalue weighted by atomic mass is 9.91. The van der Waals surface area contributed by atoms with Crippen molar-refractivity contribution in [1.82, 2.24) is 78.4 Å². The number of esters is 2. The highest BCUT2D eigenvalue weighted by atomic mass is 16.8. The predicted molar refractivity (Wildman–Crippen MR) is 416 cm³/mol. The van der Waals surface area contributed by atoms with Crippen LogP contribution in [-0.2, 0) is 132 Å². The minimum Gasteiger partial charge on any atom is -0.478 e. The molecule has 2 saturated heterocycles. The van der Waals surface area contributed by atoms with E-state index in [2.05, 4.69) is 79.7 Å². The van der Waals surface area contributed by atoms with Gasteiger partial charge >= 0.3 is 48.6 Å². The van der Waals surface area contributed by atoms with Crippen LogP contribution in [0.3, 0.4) is 0 Å². The number of carbonyl (C=O) groups is 13. The Balaban J connectivity index is 1.14. The Morgan fingerprint density at radius 3 is 1.43 bits per heavy atom. The number of ether oxygens (including phenoxy) is 18. The molecule has 10 N–H and O–H groups in total. The summed E-state index contributed by atoms with van der Waals surface area (Å²) in [5, 5.41) is 31.2. The number of hydrazine groups is 2. The molecule has 0 unspecified atom stereocenters. The van der Waals surface area contributed by atoms with Crippen molar-refractivity contribution in [2.75, 3.05) is 120 Å². The number of guanidine groups is 2. The van der Waals surface area contributed by atoms with Gasteiger partial charge in [-0.15, -0.1) is 27.0 Å². The van der Waals surface area contributed by atoms with E-state index in [0.717, 1.165) is 40.2 Å². The number of hydrogen-bond acceptors (Lipinski definition) is 36. The fraction of sp³-hybridized carbons (Fsp3) is 0.662. The van der Waals surface area contributed by atoms with Crippen molar-refractivity contribution < 1.29 is 148 Å². The first kappa shape index (κ1) is 98.9. The molecule has 2 fully saturated rings. The molecule has 0 saturated carbocycles. The fourth-order valence-corrected chi connectivity index (χ4v) is 11.3. The molecule has 48 nitrogen and oxygen atoms in total. The number of terminal acetylenes is 1. The van der Waals surface area contributed by atoms with E-state index in [-0.39, 0.29) is 84.6 Å². The molecule has 0 aliphatic carbocycles. The Labute approximate surface area is 702 Å². The van der Waals surface area contributed by atoms with Gasteiger partial charge in [-0.1, -0.05) is 11.1 Å². The van der Waals surface area contributed by atoms with E-state index in [1.54, 1.807) is 94.3 Å². The van der Waals surface area contributed by atoms with E-state index < -0.39 is 205 Å². The Morgan fingerprint density at radius 1 is 0.590 bits per heavy atom. The summed E-state index contributed by atoms with van der Waals surface area (Å²) in [6, 6.07) is -5.49. The monoisotopic (exact) mass is 1730 g/mol. The summed E-state index contributed by atoms with van der Waals surface area (Å²) in [5.74, 6) is -5.10. The zero-order chi connectivity index (χ0) is 90.1. The van der Waals surface area contributed by atoms with Gasteiger partial charge < -0.3 is 127 Å². The van der Waals surface area contributed by atoms with Gasteiger partial charge in [0.05, 0.1) is 129 Å². The molecule has 10 atom stereocenters. The molecule has 5 aliphatic heterocycles. The molecule has 6 rings (SSSR count). The van der Waals surface area contributed by atoms with Crippen LogP contribution >= 0.6 is 0 Å².